The minimum atomic E-state index is -1.61. The molecule has 4 heteroatoms. The van der Waals surface area contributed by atoms with Crippen LogP contribution in [0.4, 0.5) is 0 Å². The minimum Gasteiger partial charge on any atom is -0.414 e. The number of carbonyl (C=O) groups is 1. The molecule has 118 valence electrons. The van der Waals surface area contributed by atoms with Crippen molar-refractivity contribution < 1.29 is 9.22 Å². The van der Waals surface area contributed by atoms with E-state index in [0.717, 1.165) is 23.7 Å². The molecule has 0 aliphatic carbocycles. The zero-order valence-electron chi connectivity index (χ0n) is 13.8. The summed E-state index contributed by atoms with van der Waals surface area (Å²) < 4.78 is 6.29. The van der Waals surface area contributed by atoms with Crippen molar-refractivity contribution in [2.45, 2.75) is 64.9 Å². The van der Waals surface area contributed by atoms with Gasteiger partial charge in [0.2, 0.25) is 5.91 Å². The lowest BCUT2D eigenvalue weighted by molar-refractivity contribution is -0.122. The maximum Gasteiger partial charge on any atom is 0.222 e. The van der Waals surface area contributed by atoms with Crippen LogP contribution in [0.5, 0.6) is 0 Å². The van der Waals surface area contributed by atoms with Crippen molar-refractivity contribution in [2.75, 3.05) is 0 Å². The Morgan fingerprint density at radius 2 is 1.71 bits per heavy atom. The number of hydrogen-bond donors (Lipinski definition) is 1. The van der Waals surface area contributed by atoms with Crippen LogP contribution in [0.1, 0.15) is 39.7 Å². The predicted octanol–water partition coefficient (Wildman–Crippen LogP) is 4.10. The highest BCUT2D eigenvalue weighted by molar-refractivity contribution is 6.73. The van der Waals surface area contributed by atoms with Crippen molar-refractivity contribution in [3.8, 4) is 0 Å². The van der Waals surface area contributed by atoms with E-state index in [1.54, 1.807) is 0 Å². The molecule has 1 aromatic rings. The SMILES string of the molecule is CC[Si](CC)(CC)OC(C)CC(=O)NCc1ccccc1. The third-order valence-electron chi connectivity index (χ3n) is 4.19. The first-order valence-corrected chi connectivity index (χ1v) is 10.6. The summed E-state index contributed by atoms with van der Waals surface area (Å²) in [6, 6.07) is 13.3. The first-order chi connectivity index (χ1) is 10.0. The number of rotatable bonds is 9. The molecule has 21 heavy (non-hydrogen) atoms. The fraction of sp³-hybridized carbons (Fsp3) is 0.588. The van der Waals surface area contributed by atoms with Gasteiger partial charge in [-0.1, -0.05) is 51.1 Å². The second kappa shape index (κ2) is 9.00. The molecule has 0 bridgehead atoms. The molecule has 0 fully saturated rings. The molecule has 0 heterocycles. The zero-order valence-corrected chi connectivity index (χ0v) is 14.8. The van der Waals surface area contributed by atoms with Gasteiger partial charge < -0.3 is 9.74 Å². The van der Waals surface area contributed by atoms with Crippen molar-refractivity contribution in [1.29, 1.82) is 0 Å². The summed E-state index contributed by atoms with van der Waals surface area (Å²) in [6.45, 7) is 9.24. The van der Waals surface area contributed by atoms with Crippen LogP contribution in [0.2, 0.25) is 18.1 Å². The third-order valence-corrected chi connectivity index (χ3v) is 8.96. The number of carbonyl (C=O) groups excluding carboxylic acids is 1. The van der Waals surface area contributed by atoms with Crippen molar-refractivity contribution in [3.63, 3.8) is 0 Å². The maximum atomic E-state index is 12.0. The van der Waals surface area contributed by atoms with Crippen molar-refractivity contribution in [2.24, 2.45) is 0 Å². The summed E-state index contributed by atoms with van der Waals surface area (Å²) >= 11 is 0. The summed E-state index contributed by atoms with van der Waals surface area (Å²) in [4.78, 5) is 12.0. The van der Waals surface area contributed by atoms with Gasteiger partial charge >= 0.3 is 0 Å². The zero-order chi connectivity index (χ0) is 15.7. The molecule has 1 rings (SSSR count). The normalized spacial score (nSPS) is 13.0. The average Bonchev–Trinajstić information content (AvgIpc) is 2.52. The molecule has 3 nitrogen and oxygen atoms in total. The summed E-state index contributed by atoms with van der Waals surface area (Å²) in [5.74, 6) is 0.0672. The summed E-state index contributed by atoms with van der Waals surface area (Å²) in [6.07, 6.45) is 0.453. The Morgan fingerprint density at radius 1 is 1.14 bits per heavy atom. The Hall–Kier alpha value is -1.13. The van der Waals surface area contributed by atoms with Crippen LogP contribution in [0.3, 0.4) is 0 Å². The molecule has 1 atom stereocenters. The average molecular weight is 308 g/mol. The Labute approximate surface area is 130 Å². The Morgan fingerprint density at radius 3 is 2.24 bits per heavy atom. The van der Waals surface area contributed by atoms with E-state index in [2.05, 4.69) is 26.1 Å². The Balaban J connectivity index is 2.40. The molecular formula is C17H29NO2Si. The predicted molar refractivity (Wildman–Crippen MR) is 90.6 cm³/mol. The second-order valence-corrected chi connectivity index (χ2v) is 10.4. The number of benzene rings is 1. The van der Waals surface area contributed by atoms with Gasteiger partial charge in [-0.25, -0.2) is 0 Å². The van der Waals surface area contributed by atoms with E-state index in [1.807, 2.05) is 37.3 Å². The molecule has 1 unspecified atom stereocenters. The molecule has 0 aromatic heterocycles. The van der Waals surface area contributed by atoms with Crippen LogP contribution in [-0.4, -0.2) is 20.3 Å². The van der Waals surface area contributed by atoms with E-state index in [9.17, 15) is 4.79 Å². The lowest BCUT2D eigenvalue weighted by atomic mass is 10.2. The topological polar surface area (TPSA) is 38.3 Å². The van der Waals surface area contributed by atoms with E-state index in [-0.39, 0.29) is 12.0 Å². The van der Waals surface area contributed by atoms with Gasteiger partial charge in [-0.15, -0.1) is 0 Å². The number of nitrogens with one attached hydrogen (secondary N) is 1. The summed E-state index contributed by atoms with van der Waals surface area (Å²) in [5, 5.41) is 2.97. The number of amides is 1. The Kier molecular flexibility index (Phi) is 7.68. The van der Waals surface area contributed by atoms with Gasteiger partial charge in [0.25, 0.3) is 0 Å². The molecule has 0 aliphatic rings. The van der Waals surface area contributed by atoms with E-state index in [1.165, 1.54) is 0 Å². The van der Waals surface area contributed by atoms with Gasteiger partial charge in [-0.2, -0.15) is 0 Å². The first-order valence-electron chi connectivity index (χ1n) is 8.03. The fourth-order valence-corrected chi connectivity index (χ4v) is 5.54. The summed E-state index contributed by atoms with van der Waals surface area (Å²) in [7, 11) is -1.61. The fourth-order valence-electron chi connectivity index (χ4n) is 2.60. The molecule has 1 aromatic carbocycles. The van der Waals surface area contributed by atoms with Crippen molar-refractivity contribution in [1.82, 2.24) is 5.32 Å². The molecular weight excluding hydrogens is 278 g/mol. The Bertz CT molecular complexity index is 410. The minimum absolute atomic E-state index is 0.00675. The van der Waals surface area contributed by atoms with Crippen LogP contribution < -0.4 is 5.32 Å². The first kappa shape index (κ1) is 17.9. The van der Waals surface area contributed by atoms with Gasteiger partial charge in [0.15, 0.2) is 8.32 Å². The highest BCUT2D eigenvalue weighted by Crippen LogP contribution is 2.24. The highest BCUT2D eigenvalue weighted by atomic mass is 28.4. The molecule has 0 aliphatic heterocycles. The lowest BCUT2D eigenvalue weighted by Crippen LogP contribution is -2.40. The van der Waals surface area contributed by atoms with Crippen LogP contribution in [0.15, 0.2) is 30.3 Å². The van der Waals surface area contributed by atoms with Crippen molar-refractivity contribution >= 4 is 14.2 Å². The van der Waals surface area contributed by atoms with E-state index >= 15 is 0 Å². The van der Waals surface area contributed by atoms with Crippen LogP contribution >= 0.6 is 0 Å². The van der Waals surface area contributed by atoms with Gasteiger partial charge in [0.1, 0.15) is 0 Å². The molecule has 0 saturated heterocycles. The maximum absolute atomic E-state index is 12.0. The number of hydrogen-bond acceptors (Lipinski definition) is 2. The lowest BCUT2D eigenvalue weighted by Gasteiger charge is -2.31. The van der Waals surface area contributed by atoms with Crippen molar-refractivity contribution in [3.05, 3.63) is 35.9 Å². The van der Waals surface area contributed by atoms with E-state index < -0.39 is 8.32 Å². The summed E-state index contributed by atoms with van der Waals surface area (Å²) in [5.41, 5.74) is 1.12. The second-order valence-electron chi connectivity index (χ2n) is 5.64. The van der Waals surface area contributed by atoms with Gasteiger partial charge in [-0.05, 0) is 30.6 Å². The molecule has 0 radical (unpaired) electrons. The quantitative estimate of drug-likeness (QED) is 0.697. The van der Waals surface area contributed by atoms with E-state index in [4.69, 9.17) is 4.43 Å². The third kappa shape index (κ3) is 6.02. The highest BCUT2D eigenvalue weighted by Gasteiger charge is 2.31. The molecule has 1 amide bonds. The molecule has 1 N–H and O–H groups in total. The largest absolute Gasteiger partial charge is 0.414 e. The molecule has 0 spiro atoms. The smallest absolute Gasteiger partial charge is 0.222 e. The van der Waals surface area contributed by atoms with Crippen LogP contribution in [-0.2, 0) is 15.8 Å². The van der Waals surface area contributed by atoms with Crippen LogP contribution in [0.25, 0.3) is 0 Å². The van der Waals surface area contributed by atoms with Gasteiger partial charge in [0, 0.05) is 6.54 Å². The molecule has 0 saturated carbocycles. The monoisotopic (exact) mass is 307 g/mol. The standard InChI is InChI=1S/C17H29NO2Si/c1-5-21(6-2,7-3)20-15(4)13-17(19)18-14-16-11-9-8-10-12-16/h8-12,15H,5-7,13-14H2,1-4H3,(H,18,19). The van der Waals surface area contributed by atoms with Gasteiger partial charge in [-0.3, -0.25) is 4.79 Å². The van der Waals surface area contributed by atoms with E-state index in [0.29, 0.717) is 13.0 Å². The van der Waals surface area contributed by atoms with Crippen LogP contribution in [0, 0.1) is 0 Å². The van der Waals surface area contributed by atoms with Gasteiger partial charge in [0.05, 0.1) is 12.5 Å².